The minimum Gasteiger partial charge on any atom is -0.490 e. The Kier molecular flexibility index (Phi) is 9.85. The Morgan fingerprint density at radius 2 is 1.14 bits per heavy atom. The summed E-state index contributed by atoms with van der Waals surface area (Å²) in [6, 6.07) is 5.53. The second-order valence-corrected chi connectivity index (χ2v) is 13.4. The Morgan fingerprint density at radius 3 is 1.71 bits per heavy atom. The van der Waals surface area contributed by atoms with Crippen LogP contribution in [0.3, 0.4) is 0 Å². The molecule has 4 nitrogen and oxygen atoms in total. The van der Waals surface area contributed by atoms with E-state index in [1.54, 1.807) is 6.07 Å². The van der Waals surface area contributed by atoms with Gasteiger partial charge in [0.25, 0.3) is 0 Å². The third kappa shape index (κ3) is 6.22. The Hall–Kier alpha value is -2.16. The molecule has 0 aliphatic heterocycles. The van der Waals surface area contributed by atoms with Crippen LogP contribution in [0.25, 0.3) is 11.1 Å². The Labute approximate surface area is 246 Å². The largest absolute Gasteiger partial charge is 0.490 e. The molecule has 4 aliphatic carbocycles. The van der Waals surface area contributed by atoms with Crippen LogP contribution in [0.1, 0.15) is 89.0 Å². The minimum absolute atomic E-state index is 0.196. The van der Waals surface area contributed by atoms with E-state index in [1.165, 1.54) is 37.5 Å². The van der Waals surface area contributed by atoms with Crippen molar-refractivity contribution < 1.29 is 37.6 Å². The van der Waals surface area contributed by atoms with Crippen molar-refractivity contribution in [3.63, 3.8) is 0 Å². The summed E-state index contributed by atoms with van der Waals surface area (Å²) >= 11 is 0. The van der Waals surface area contributed by atoms with Crippen molar-refractivity contribution in [1.29, 1.82) is 0 Å². The van der Waals surface area contributed by atoms with E-state index in [9.17, 15) is 19.7 Å². The van der Waals surface area contributed by atoms with E-state index in [1.807, 2.05) is 0 Å². The smallest absolute Gasteiger partial charge is 0.201 e. The Morgan fingerprint density at radius 1 is 0.643 bits per heavy atom. The summed E-state index contributed by atoms with van der Waals surface area (Å²) in [6.07, 6.45) is 11.7. The Balaban J connectivity index is 1.14. The lowest BCUT2D eigenvalue weighted by molar-refractivity contribution is -0.00701. The van der Waals surface area contributed by atoms with Crippen LogP contribution >= 0.6 is 0 Å². The lowest BCUT2D eigenvalue weighted by atomic mass is 9.48. The van der Waals surface area contributed by atoms with Crippen molar-refractivity contribution in [1.82, 2.24) is 0 Å². The van der Waals surface area contributed by atoms with Gasteiger partial charge in [-0.25, -0.2) is 13.2 Å². The van der Waals surface area contributed by atoms with Crippen LogP contribution in [0.15, 0.2) is 24.3 Å². The van der Waals surface area contributed by atoms with Crippen LogP contribution in [-0.2, 0) is 5.41 Å². The van der Waals surface area contributed by atoms with Gasteiger partial charge in [-0.15, -0.1) is 0 Å². The highest BCUT2D eigenvalue weighted by Gasteiger charge is 2.52. The van der Waals surface area contributed by atoms with E-state index in [-0.39, 0.29) is 48.7 Å². The van der Waals surface area contributed by atoms with Crippen LogP contribution in [0.4, 0.5) is 17.6 Å². The number of hydrogen-bond donors (Lipinski definition) is 3. The van der Waals surface area contributed by atoms with E-state index in [0.29, 0.717) is 36.2 Å². The maximum Gasteiger partial charge on any atom is 0.201 e. The van der Waals surface area contributed by atoms with Crippen molar-refractivity contribution in [3.8, 4) is 16.9 Å². The molecule has 0 atom stereocenters. The standard InChI is InChI=1S/C34H44F4O4/c35-29-25(7-9-27(31(29)37)34-16-22-13-23(17-34)15-24(14-22)18-34)26-8-10-28(32(38)30(26)36)42-12-6-4-2-1-3-5-11-33(19-39,20-40)21-41/h7-10,22-24,39-41H,1-6,11-21H2/t22-,23?,24?,34-. The van der Waals surface area contributed by atoms with Crippen molar-refractivity contribution in [2.45, 2.75) is 88.9 Å². The van der Waals surface area contributed by atoms with Crippen molar-refractivity contribution in [3.05, 3.63) is 53.1 Å². The van der Waals surface area contributed by atoms with Crippen LogP contribution < -0.4 is 4.74 Å². The SMILES string of the molecule is OCC(CO)(CO)CCCCCCCCOc1ccc(-c2ccc([C@]34CC5CC(C[C@H](C5)C3)C4)c(F)c2F)c(F)c1F. The van der Waals surface area contributed by atoms with Crippen LogP contribution in [0.5, 0.6) is 5.75 Å². The number of halogens is 4. The maximum atomic E-state index is 15.6. The number of unbranched alkanes of at least 4 members (excludes halogenated alkanes) is 5. The first kappa shape index (κ1) is 31.3. The number of ether oxygens (including phenoxy) is 1. The molecule has 3 N–H and O–H groups in total. The van der Waals surface area contributed by atoms with E-state index in [4.69, 9.17) is 4.74 Å². The summed E-state index contributed by atoms with van der Waals surface area (Å²) in [5.41, 5.74) is -1.37. The average molecular weight is 593 g/mol. The van der Waals surface area contributed by atoms with Gasteiger partial charge in [-0.3, -0.25) is 0 Å². The van der Waals surface area contributed by atoms with E-state index < -0.39 is 28.7 Å². The van der Waals surface area contributed by atoms with Crippen LogP contribution in [0, 0.1) is 46.4 Å². The summed E-state index contributed by atoms with van der Waals surface area (Å²) in [6.45, 7) is -0.569. The molecule has 0 saturated heterocycles. The highest BCUT2D eigenvalue weighted by molar-refractivity contribution is 5.67. The molecule has 0 spiro atoms. The number of aliphatic hydroxyl groups excluding tert-OH is 3. The molecule has 4 aliphatic rings. The van der Waals surface area contributed by atoms with Crippen molar-refractivity contribution >= 4 is 0 Å². The molecule has 42 heavy (non-hydrogen) atoms. The molecule has 2 aromatic rings. The average Bonchev–Trinajstić information content (AvgIpc) is 2.97. The monoisotopic (exact) mass is 592 g/mol. The molecule has 0 amide bonds. The molecule has 0 aromatic heterocycles. The summed E-state index contributed by atoms with van der Waals surface area (Å²) in [7, 11) is 0. The molecule has 8 heteroatoms. The zero-order valence-electron chi connectivity index (χ0n) is 24.3. The lowest BCUT2D eigenvalue weighted by Crippen LogP contribution is -2.49. The first-order chi connectivity index (χ1) is 20.2. The van der Waals surface area contributed by atoms with Gasteiger partial charge in [0.15, 0.2) is 23.2 Å². The quantitative estimate of drug-likeness (QED) is 0.148. The van der Waals surface area contributed by atoms with Gasteiger partial charge < -0.3 is 20.1 Å². The summed E-state index contributed by atoms with van der Waals surface area (Å²) < 4.78 is 66.4. The normalized spacial score (nSPS) is 24.9. The van der Waals surface area contributed by atoms with E-state index in [0.717, 1.165) is 51.4 Å². The number of hydrogen-bond acceptors (Lipinski definition) is 4. The maximum absolute atomic E-state index is 15.6. The first-order valence-corrected chi connectivity index (χ1v) is 15.7. The summed E-state index contributed by atoms with van der Waals surface area (Å²) in [4.78, 5) is 0. The van der Waals surface area contributed by atoms with Gasteiger partial charge in [0.2, 0.25) is 5.82 Å². The fourth-order valence-corrected chi connectivity index (χ4v) is 8.34. The zero-order chi connectivity index (χ0) is 29.9. The highest BCUT2D eigenvalue weighted by atomic mass is 19.2. The molecular weight excluding hydrogens is 548 g/mol. The van der Waals surface area contributed by atoms with Gasteiger partial charge in [0.05, 0.1) is 26.4 Å². The van der Waals surface area contributed by atoms with Gasteiger partial charge in [0.1, 0.15) is 0 Å². The van der Waals surface area contributed by atoms with Crippen LogP contribution in [-0.4, -0.2) is 41.7 Å². The number of benzene rings is 2. The van der Waals surface area contributed by atoms with Gasteiger partial charge in [0, 0.05) is 16.5 Å². The summed E-state index contributed by atoms with van der Waals surface area (Å²) in [5.74, 6) is -3.05. The molecule has 0 heterocycles. The molecular formula is C34H44F4O4. The van der Waals surface area contributed by atoms with Gasteiger partial charge in [-0.2, -0.15) is 4.39 Å². The summed E-state index contributed by atoms with van der Waals surface area (Å²) in [5, 5.41) is 28.1. The molecule has 4 fully saturated rings. The van der Waals surface area contributed by atoms with Crippen molar-refractivity contribution in [2.75, 3.05) is 26.4 Å². The van der Waals surface area contributed by atoms with Crippen LogP contribution in [0.2, 0.25) is 0 Å². The van der Waals surface area contributed by atoms with E-state index >= 15 is 13.2 Å². The Bertz CT molecular complexity index is 1180. The predicted molar refractivity (Wildman–Crippen MR) is 153 cm³/mol. The van der Waals surface area contributed by atoms with Gasteiger partial charge >= 0.3 is 0 Å². The van der Waals surface area contributed by atoms with Gasteiger partial charge in [-0.1, -0.05) is 44.2 Å². The zero-order valence-corrected chi connectivity index (χ0v) is 24.3. The second-order valence-electron chi connectivity index (χ2n) is 13.4. The van der Waals surface area contributed by atoms with Crippen molar-refractivity contribution in [2.24, 2.45) is 23.2 Å². The third-order valence-electron chi connectivity index (χ3n) is 10.4. The van der Waals surface area contributed by atoms with E-state index in [2.05, 4.69) is 0 Å². The fraction of sp³-hybridized carbons (Fsp3) is 0.647. The molecule has 232 valence electrons. The molecule has 0 unspecified atom stereocenters. The predicted octanol–water partition coefficient (Wildman–Crippen LogP) is 7.45. The second kappa shape index (κ2) is 13.2. The fourth-order valence-electron chi connectivity index (χ4n) is 8.34. The lowest BCUT2D eigenvalue weighted by Gasteiger charge is -2.57. The molecule has 4 saturated carbocycles. The third-order valence-corrected chi connectivity index (χ3v) is 10.4. The van der Waals surface area contributed by atoms with Gasteiger partial charge in [-0.05, 0) is 92.2 Å². The number of aliphatic hydroxyl groups is 3. The minimum atomic E-state index is -1.25. The molecule has 6 rings (SSSR count). The molecule has 2 aromatic carbocycles. The highest BCUT2D eigenvalue weighted by Crippen LogP contribution is 2.61. The topological polar surface area (TPSA) is 69.9 Å². The number of rotatable bonds is 15. The molecule has 0 radical (unpaired) electrons. The molecule has 4 bridgehead atoms. The first-order valence-electron chi connectivity index (χ1n) is 15.7.